The minimum Gasteiger partial charge on any atom is -0.345 e. The van der Waals surface area contributed by atoms with Crippen LogP contribution < -0.4 is 10.6 Å². The van der Waals surface area contributed by atoms with Crippen LogP contribution in [-0.4, -0.2) is 26.6 Å². The van der Waals surface area contributed by atoms with Crippen LogP contribution in [0, 0.1) is 0 Å². The topological polar surface area (TPSA) is 99.8 Å². The summed E-state index contributed by atoms with van der Waals surface area (Å²) in [6.45, 7) is 0. The lowest BCUT2D eigenvalue weighted by Crippen LogP contribution is -2.14. The number of aromatic nitrogens is 3. The fourth-order valence-electron chi connectivity index (χ4n) is 3.62. The zero-order valence-corrected chi connectivity index (χ0v) is 17.4. The van der Waals surface area contributed by atoms with Crippen LogP contribution >= 0.6 is 0 Å². The first-order valence-corrected chi connectivity index (χ1v) is 10.3. The van der Waals surface area contributed by atoms with Crippen LogP contribution in [-0.2, 0) is 0 Å². The number of nitrogens with one attached hydrogen (secondary N) is 3. The maximum absolute atomic E-state index is 13.1. The molecule has 0 saturated heterocycles. The van der Waals surface area contributed by atoms with E-state index >= 15 is 0 Å². The molecule has 2 heterocycles. The van der Waals surface area contributed by atoms with Crippen LogP contribution in [0.3, 0.4) is 0 Å². The summed E-state index contributed by atoms with van der Waals surface area (Å²) in [5, 5.41) is 6.69. The van der Waals surface area contributed by atoms with Crippen LogP contribution in [0.5, 0.6) is 0 Å². The first-order chi connectivity index (χ1) is 16.2. The normalized spacial score (nSPS) is 10.7. The van der Waals surface area contributed by atoms with Crippen molar-refractivity contribution < 1.29 is 9.59 Å². The number of nitrogens with zero attached hydrogens (tertiary/aromatic N) is 2. The van der Waals surface area contributed by atoms with E-state index in [-0.39, 0.29) is 11.7 Å². The molecule has 0 aliphatic rings. The number of ketones is 1. The number of benzene rings is 3. The third-order valence-corrected chi connectivity index (χ3v) is 5.21. The second kappa shape index (κ2) is 8.76. The van der Waals surface area contributed by atoms with Gasteiger partial charge in [-0.25, -0.2) is 9.97 Å². The van der Waals surface area contributed by atoms with E-state index in [1.54, 1.807) is 36.5 Å². The molecule has 7 heteroatoms. The van der Waals surface area contributed by atoms with Crippen LogP contribution in [0.15, 0.2) is 97.5 Å². The van der Waals surface area contributed by atoms with E-state index in [4.69, 9.17) is 0 Å². The molecule has 5 rings (SSSR count). The number of rotatable bonds is 6. The van der Waals surface area contributed by atoms with E-state index in [1.165, 1.54) is 6.33 Å². The molecule has 0 saturated carbocycles. The van der Waals surface area contributed by atoms with Gasteiger partial charge in [-0.05, 0) is 24.3 Å². The van der Waals surface area contributed by atoms with Crippen molar-refractivity contribution in [2.75, 3.05) is 10.6 Å². The molecule has 0 bridgehead atoms. The van der Waals surface area contributed by atoms with E-state index in [1.807, 2.05) is 54.6 Å². The van der Waals surface area contributed by atoms with Gasteiger partial charge < -0.3 is 15.6 Å². The molecule has 2 aromatic heterocycles. The number of amides is 1. The van der Waals surface area contributed by atoms with E-state index in [0.717, 1.165) is 0 Å². The van der Waals surface area contributed by atoms with Gasteiger partial charge in [0.1, 0.15) is 17.8 Å². The van der Waals surface area contributed by atoms with Crippen molar-refractivity contribution in [2.45, 2.75) is 0 Å². The van der Waals surface area contributed by atoms with E-state index in [2.05, 4.69) is 25.6 Å². The summed E-state index contributed by atoms with van der Waals surface area (Å²) in [5.74, 6) is 0.0274. The van der Waals surface area contributed by atoms with Crippen molar-refractivity contribution in [2.24, 2.45) is 0 Å². The Bertz CT molecular complexity index is 1450. The van der Waals surface area contributed by atoms with Gasteiger partial charge in [-0.3, -0.25) is 9.59 Å². The van der Waals surface area contributed by atoms with Crippen molar-refractivity contribution in [3.8, 4) is 0 Å². The zero-order valence-electron chi connectivity index (χ0n) is 17.4. The molecule has 0 unspecified atom stereocenters. The summed E-state index contributed by atoms with van der Waals surface area (Å²) < 4.78 is 0. The molecule has 0 radical (unpaired) electrons. The Morgan fingerprint density at radius 1 is 0.758 bits per heavy atom. The Hall–Kier alpha value is -4.78. The average molecular weight is 433 g/mol. The van der Waals surface area contributed by atoms with Gasteiger partial charge >= 0.3 is 0 Å². The number of H-pyrrole nitrogens is 1. The maximum atomic E-state index is 13.1. The van der Waals surface area contributed by atoms with Gasteiger partial charge in [-0.15, -0.1) is 0 Å². The lowest BCUT2D eigenvalue weighted by molar-refractivity contribution is 0.102. The third kappa shape index (κ3) is 4.07. The average Bonchev–Trinajstić information content (AvgIpc) is 3.30. The second-order valence-electron chi connectivity index (χ2n) is 7.33. The number of carbonyl (C=O) groups is 2. The van der Waals surface area contributed by atoms with Gasteiger partial charge in [0.15, 0.2) is 5.78 Å². The van der Waals surface area contributed by atoms with Gasteiger partial charge in [0.05, 0.1) is 22.2 Å². The third-order valence-electron chi connectivity index (χ3n) is 5.21. The predicted octanol–water partition coefficient (Wildman–Crippen LogP) is 5.18. The number of hydrogen-bond donors (Lipinski definition) is 3. The number of aromatic amines is 1. The summed E-state index contributed by atoms with van der Waals surface area (Å²) in [7, 11) is 0. The van der Waals surface area contributed by atoms with Crippen molar-refractivity contribution in [3.05, 3.63) is 114 Å². The fraction of sp³-hybridized carbons (Fsp3) is 0. The molecular formula is C26H19N5O2. The quantitative estimate of drug-likeness (QED) is 0.320. The van der Waals surface area contributed by atoms with Crippen molar-refractivity contribution in [3.63, 3.8) is 0 Å². The SMILES string of the molecule is O=C(Nc1ccccc1)c1ccccc1Nc1ncnc2[nH]cc(C(=O)c3ccccc3)c12. The van der Waals surface area contributed by atoms with Crippen LogP contribution in [0.4, 0.5) is 17.2 Å². The summed E-state index contributed by atoms with van der Waals surface area (Å²) in [6.07, 6.45) is 3.04. The molecule has 0 spiro atoms. The lowest BCUT2D eigenvalue weighted by atomic mass is 10.0. The van der Waals surface area contributed by atoms with Crippen molar-refractivity contribution in [1.82, 2.24) is 15.0 Å². The molecule has 3 N–H and O–H groups in total. The van der Waals surface area contributed by atoms with Crippen molar-refractivity contribution >= 4 is 39.9 Å². The van der Waals surface area contributed by atoms with E-state index in [9.17, 15) is 9.59 Å². The Kier molecular flexibility index (Phi) is 5.35. The molecule has 0 fully saturated rings. The summed E-state index contributed by atoms with van der Waals surface area (Å²) in [4.78, 5) is 37.8. The second-order valence-corrected chi connectivity index (χ2v) is 7.33. The minimum atomic E-state index is -0.260. The number of hydrogen-bond acceptors (Lipinski definition) is 5. The predicted molar refractivity (Wildman–Crippen MR) is 128 cm³/mol. The van der Waals surface area contributed by atoms with Gasteiger partial charge in [-0.2, -0.15) is 0 Å². The Labute approximate surface area is 189 Å². The standard InChI is InChI=1S/C26H19N5O2/c32-23(17-9-3-1-4-10-17)20-15-27-24-22(20)25(29-16-28-24)31-21-14-8-7-13-19(21)26(33)30-18-11-5-2-6-12-18/h1-16H,(H,30,33)(H2,27,28,29,31). The first-order valence-electron chi connectivity index (χ1n) is 10.3. The number of anilines is 3. The van der Waals surface area contributed by atoms with Crippen molar-refractivity contribution in [1.29, 1.82) is 0 Å². The molecule has 160 valence electrons. The Balaban J connectivity index is 1.51. The van der Waals surface area contributed by atoms with E-state index < -0.39 is 0 Å². The summed E-state index contributed by atoms with van der Waals surface area (Å²) >= 11 is 0. The molecule has 0 atom stereocenters. The van der Waals surface area contributed by atoms with Crippen LogP contribution in [0.1, 0.15) is 26.3 Å². The molecule has 0 aliphatic heterocycles. The largest absolute Gasteiger partial charge is 0.345 e. The summed E-state index contributed by atoms with van der Waals surface area (Å²) in [5.41, 5.74) is 3.24. The number of para-hydroxylation sites is 2. The minimum absolute atomic E-state index is 0.144. The van der Waals surface area contributed by atoms with E-state index in [0.29, 0.717) is 44.9 Å². The highest BCUT2D eigenvalue weighted by Gasteiger charge is 2.20. The molecular weight excluding hydrogens is 414 g/mol. The van der Waals surface area contributed by atoms with Gasteiger partial charge in [0.2, 0.25) is 0 Å². The molecule has 33 heavy (non-hydrogen) atoms. The summed E-state index contributed by atoms with van der Waals surface area (Å²) in [6, 6.07) is 25.4. The highest BCUT2D eigenvalue weighted by atomic mass is 16.1. The lowest BCUT2D eigenvalue weighted by Gasteiger charge is -2.13. The molecule has 1 amide bonds. The first kappa shape index (κ1) is 20.1. The van der Waals surface area contributed by atoms with Gasteiger partial charge in [0, 0.05) is 17.4 Å². The van der Waals surface area contributed by atoms with Gasteiger partial charge in [-0.1, -0.05) is 60.7 Å². The monoisotopic (exact) mass is 433 g/mol. The highest BCUT2D eigenvalue weighted by Crippen LogP contribution is 2.29. The van der Waals surface area contributed by atoms with Crippen LogP contribution in [0.2, 0.25) is 0 Å². The number of carbonyl (C=O) groups excluding carboxylic acids is 2. The maximum Gasteiger partial charge on any atom is 0.257 e. The highest BCUT2D eigenvalue weighted by molar-refractivity contribution is 6.18. The molecule has 0 aliphatic carbocycles. The molecule has 5 aromatic rings. The zero-order chi connectivity index (χ0) is 22.6. The van der Waals surface area contributed by atoms with Gasteiger partial charge in [0.25, 0.3) is 5.91 Å². The molecule has 3 aromatic carbocycles. The Morgan fingerprint density at radius 2 is 1.45 bits per heavy atom. The smallest absolute Gasteiger partial charge is 0.257 e. The Morgan fingerprint density at radius 3 is 2.24 bits per heavy atom. The fourth-order valence-corrected chi connectivity index (χ4v) is 3.62. The van der Waals surface area contributed by atoms with Crippen LogP contribution in [0.25, 0.3) is 11.0 Å². The number of fused-ring (bicyclic) bond motifs is 1. The molecule has 7 nitrogen and oxygen atoms in total.